The number of carbonyl (C=O) groups excluding carboxylic acids is 1. The molecule has 3 nitrogen and oxygen atoms in total. The topological polar surface area (TPSA) is 52.3 Å². The molecule has 0 aromatic heterocycles. The summed E-state index contributed by atoms with van der Waals surface area (Å²) in [5.74, 6) is -0.0309. The largest absolute Gasteiger partial charge is 0.461 e. The number of nitrogens with two attached hydrogens (primary N) is 1. The first-order valence-electron chi connectivity index (χ1n) is 10.6. The summed E-state index contributed by atoms with van der Waals surface area (Å²) in [6, 6.07) is 9.88. The van der Waals surface area contributed by atoms with E-state index < -0.39 is 0 Å². The summed E-state index contributed by atoms with van der Waals surface area (Å²) in [6.45, 7) is 8.52. The Balaban J connectivity index is 2.34. The molecule has 0 fully saturated rings. The maximum Gasteiger partial charge on any atom is 0.309 e. The first kappa shape index (κ1) is 23.4. The Bertz CT molecular complexity index is 528. The van der Waals surface area contributed by atoms with Crippen LogP contribution in [0, 0.1) is 5.92 Å². The zero-order valence-corrected chi connectivity index (χ0v) is 17.4. The Morgan fingerprint density at radius 3 is 2.48 bits per heavy atom. The SMILES string of the molecule is C=CCC(N)(CCC)CCCCCC(CCC)C(=O)OCc1ccccc1. The second-order valence-corrected chi connectivity index (χ2v) is 7.78. The maximum absolute atomic E-state index is 12.4. The van der Waals surface area contributed by atoms with Crippen molar-refractivity contribution in [2.75, 3.05) is 0 Å². The standard InChI is InChI=1S/C24H39NO2/c1-4-13-22(23(26)27-20-21-14-9-7-10-15-21)16-11-8-12-19-24(25,17-5-2)18-6-3/h5,7,9-10,14-15,22H,2,4,6,8,11-13,16-20,25H2,1,3H3. The van der Waals surface area contributed by atoms with E-state index in [1.807, 2.05) is 36.4 Å². The lowest BCUT2D eigenvalue weighted by Gasteiger charge is -2.28. The molecular formula is C24H39NO2. The number of esters is 1. The van der Waals surface area contributed by atoms with E-state index in [4.69, 9.17) is 10.5 Å². The summed E-state index contributed by atoms with van der Waals surface area (Å²) in [4.78, 5) is 12.4. The van der Waals surface area contributed by atoms with E-state index in [0.717, 1.165) is 69.8 Å². The minimum atomic E-state index is -0.103. The summed E-state index contributed by atoms with van der Waals surface area (Å²) in [7, 11) is 0. The highest BCUT2D eigenvalue weighted by Gasteiger charge is 2.22. The molecule has 2 unspecified atom stereocenters. The van der Waals surface area contributed by atoms with Crippen molar-refractivity contribution in [1.29, 1.82) is 0 Å². The zero-order valence-electron chi connectivity index (χ0n) is 17.4. The average Bonchev–Trinajstić information content (AvgIpc) is 2.66. The molecule has 0 aliphatic heterocycles. The van der Waals surface area contributed by atoms with Crippen molar-refractivity contribution < 1.29 is 9.53 Å². The van der Waals surface area contributed by atoms with Gasteiger partial charge in [0.15, 0.2) is 0 Å². The number of carbonyl (C=O) groups is 1. The molecule has 2 atom stereocenters. The van der Waals surface area contributed by atoms with E-state index >= 15 is 0 Å². The Morgan fingerprint density at radius 2 is 1.85 bits per heavy atom. The van der Waals surface area contributed by atoms with Crippen LogP contribution in [-0.2, 0) is 16.1 Å². The molecule has 1 aromatic rings. The molecule has 0 amide bonds. The maximum atomic E-state index is 12.4. The van der Waals surface area contributed by atoms with Gasteiger partial charge in [0, 0.05) is 5.54 Å². The van der Waals surface area contributed by atoms with Gasteiger partial charge in [-0.2, -0.15) is 0 Å². The Hall–Kier alpha value is -1.61. The summed E-state index contributed by atoms with van der Waals surface area (Å²) in [5.41, 5.74) is 7.44. The molecule has 0 heterocycles. The second kappa shape index (κ2) is 13.5. The van der Waals surface area contributed by atoms with E-state index in [1.54, 1.807) is 0 Å². The van der Waals surface area contributed by atoms with Crippen molar-refractivity contribution in [3.63, 3.8) is 0 Å². The number of unbranched alkanes of at least 4 members (excludes halogenated alkanes) is 2. The Labute approximate surface area is 166 Å². The number of ether oxygens (including phenoxy) is 1. The molecule has 0 aliphatic carbocycles. The van der Waals surface area contributed by atoms with Crippen molar-refractivity contribution in [2.24, 2.45) is 11.7 Å². The molecule has 3 heteroatoms. The van der Waals surface area contributed by atoms with Crippen LogP contribution in [0.1, 0.15) is 83.6 Å². The normalized spacial score (nSPS) is 14.3. The molecule has 1 aromatic carbocycles. The first-order chi connectivity index (χ1) is 13.0. The Morgan fingerprint density at radius 1 is 1.11 bits per heavy atom. The summed E-state index contributed by atoms with van der Waals surface area (Å²) >= 11 is 0. The highest BCUT2D eigenvalue weighted by molar-refractivity contribution is 5.72. The van der Waals surface area contributed by atoms with Gasteiger partial charge >= 0.3 is 5.97 Å². The number of rotatable bonds is 15. The van der Waals surface area contributed by atoms with Crippen molar-refractivity contribution >= 4 is 5.97 Å². The van der Waals surface area contributed by atoms with Gasteiger partial charge in [0.25, 0.3) is 0 Å². The number of benzene rings is 1. The first-order valence-corrected chi connectivity index (χ1v) is 10.6. The molecule has 2 N–H and O–H groups in total. The monoisotopic (exact) mass is 373 g/mol. The highest BCUT2D eigenvalue weighted by atomic mass is 16.5. The molecule has 0 radical (unpaired) electrons. The van der Waals surface area contributed by atoms with Gasteiger partial charge < -0.3 is 10.5 Å². The van der Waals surface area contributed by atoms with Crippen LogP contribution in [0.3, 0.4) is 0 Å². The lowest BCUT2D eigenvalue weighted by molar-refractivity contribution is -0.150. The predicted molar refractivity (Wildman–Crippen MR) is 114 cm³/mol. The fourth-order valence-corrected chi connectivity index (χ4v) is 3.73. The van der Waals surface area contributed by atoms with Crippen molar-refractivity contribution in [1.82, 2.24) is 0 Å². The molecule has 0 saturated carbocycles. The van der Waals surface area contributed by atoms with Gasteiger partial charge in [-0.15, -0.1) is 6.58 Å². The van der Waals surface area contributed by atoms with Crippen LogP contribution >= 0.6 is 0 Å². The lowest BCUT2D eigenvalue weighted by Crippen LogP contribution is -2.39. The van der Waals surface area contributed by atoms with Crippen molar-refractivity contribution in [3.05, 3.63) is 48.6 Å². The molecule has 0 spiro atoms. The summed E-state index contributed by atoms with van der Waals surface area (Å²) in [5, 5.41) is 0. The van der Waals surface area contributed by atoms with Gasteiger partial charge in [-0.25, -0.2) is 0 Å². The fourth-order valence-electron chi connectivity index (χ4n) is 3.73. The minimum Gasteiger partial charge on any atom is -0.461 e. The molecular weight excluding hydrogens is 334 g/mol. The fraction of sp³-hybridized carbons (Fsp3) is 0.625. The van der Waals surface area contributed by atoms with Crippen molar-refractivity contribution in [3.8, 4) is 0 Å². The van der Waals surface area contributed by atoms with Crippen LogP contribution in [0.15, 0.2) is 43.0 Å². The molecule has 152 valence electrons. The van der Waals surface area contributed by atoms with Crippen molar-refractivity contribution in [2.45, 2.75) is 90.2 Å². The molecule has 0 aliphatic rings. The van der Waals surface area contributed by atoms with Gasteiger partial charge in [-0.05, 0) is 37.7 Å². The third-order valence-corrected chi connectivity index (χ3v) is 5.22. The third kappa shape index (κ3) is 9.76. The highest BCUT2D eigenvalue weighted by Crippen LogP contribution is 2.24. The zero-order chi connectivity index (χ0) is 20.0. The van der Waals surface area contributed by atoms with E-state index in [0.29, 0.717) is 6.61 Å². The molecule has 1 rings (SSSR count). The Kier molecular flexibility index (Phi) is 11.8. The van der Waals surface area contributed by atoms with E-state index in [1.165, 1.54) is 0 Å². The average molecular weight is 374 g/mol. The van der Waals surface area contributed by atoms with Gasteiger partial charge in [0.05, 0.1) is 5.92 Å². The number of hydrogen-bond donors (Lipinski definition) is 1. The lowest BCUT2D eigenvalue weighted by atomic mass is 9.85. The third-order valence-electron chi connectivity index (χ3n) is 5.22. The molecule has 27 heavy (non-hydrogen) atoms. The molecule has 0 saturated heterocycles. The van der Waals surface area contributed by atoms with Gasteiger partial charge in [0.1, 0.15) is 6.61 Å². The summed E-state index contributed by atoms with van der Waals surface area (Å²) < 4.78 is 5.55. The van der Waals surface area contributed by atoms with E-state index in [9.17, 15) is 4.79 Å². The van der Waals surface area contributed by atoms with Crippen LogP contribution in [-0.4, -0.2) is 11.5 Å². The van der Waals surface area contributed by atoms with Crippen LogP contribution < -0.4 is 5.73 Å². The quantitative estimate of drug-likeness (QED) is 0.227. The second-order valence-electron chi connectivity index (χ2n) is 7.78. The minimum absolute atomic E-state index is 0.0187. The molecule has 0 bridgehead atoms. The smallest absolute Gasteiger partial charge is 0.309 e. The van der Waals surface area contributed by atoms with E-state index in [-0.39, 0.29) is 17.4 Å². The van der Waals surface area contributed by atoms with E-state index in [2.05, 4.69) is 20.4 Å². The van der Waals surface area contributed by atoms with Gasteiger partial charge in [-0.1, -0.05) is 82.4 Å². The summed E-state index contributed by atoms with van der Waals surface area (Å²) in [6.07, 6.45) is 12.1. The van der Waals surface area contributed by atoms with Crippen LogP contribution in [0.25, 0.3) is 0 Å². The number of hydrogen-bond acceptors (Lipinski definition) is 3. The van der Waals surface area contributed by atoms with Crippen LogP contribution in [0.2, 0.25) is 0 Å². The van der Waals surface area contributed by atoms with Gasteiger partial charge in [0.2, 0.25) is 0 Å². The van der Waals surface area contributed by atoms with Gasteiger partial charge in [-0.3, -0.25) is 4.79 Å². The van der Waals surface area contributed by atoms with Crippen LogP contribution in [0.5, 0.6) is 0 Å². The predicted octanol–water partition coefficient (Wildman–Crippen LogP) is 6.17. The van der Waals surface area contributed by atoms with Crippen LogP contribution in [0.4, 0.5) is 0 Å².